The molecule has 0 aromatic heterocycles. The van der Waals surface area contributed by atoms with Gasteiger partial charge in [-0.2, -0.15) is 0 Å². The summed E-state index contributed by atoms with van der Waals surface area (Å²) < 4.78 is 27.6. The molecule has 0 bridgehead atoms. The second-order valence-electron chi connectivity index (χ2n) is 5.74. The fourth-order valence-electron chi connectivity index (χ4n) is 2.83. The Labute approximate surface area is 137 Å². The second kappa shape index (κ2) is 7.90. The van der Waals surface area contributed by atoms with Gasteiger partial charge in [-0.05, 0) is 38.0 Å². The average molecular weight is 340 g/mol. The lowest BCUT2D eigenvalue weighted by Crippen LogP contribution is -2.34. The molecule has 7 heteroatoms. The molecular weight excluding hydrogens is 316 g/mol. The van der Waals surface area contributed by atoms with Gasteiger partial charge in [0.1, 0.15) is 0 Å². The minimum atomic E-state index is -3.61. The van der Waals surface area contributed by atoms with Gasteiger partial charge in [-0.3, -0.25) is 4.79 Å². The van der Waals surface area contributed by atoms with E-state index >= 15 is 0 Å². The summed E-state index contributed by atoms with van der Waals surface area (Å²) in [6, 6.07) is 6.05. The molecule has 2 N–H and O–H groups in total. The maximum atomic E-state index is 12.5. The molecule has 1 aromatic rings. The van der Waals surface area contributed by atoms with Crippen molar-refractivity contribution >= 4 is 15.9 Å². The number of aliphatic hydroxyl groups is 1. The van der Waals surface area contributed by atoms with Crippen molar-refractivity contribution in [3.8, 4) is 0 Å². The molecule has 128 valence electrons. The molecule has 0 spiro atoms. The summed E-state index contributed by atoms with van der Waals surface area (Å²) in [5.41, 5.74) is 0.314. The number of rotatable bonds is 7. The molecule has 1 aliphatic rings. The molecule has 6 nitrogen and oxygen atoms in total. The van der Waals surface area contributed by atoms with Crippen molar-refractivity contribution in [1.82, 2.24) is 9.62 Å². The summed E-state index contributed by atoms with van der Waals surface area (Å²) in [6.07, 6.45) is 3.80. The minimum absolute atomic E-state index is 0.0131. The van der Waals surface area contributed by atoms with Gasteiger partial charge in [0.15, 0.2) is 0 Å². The molecule has 1 amide bonds. The van der Waals surface area contributed by atoms with Crippen LogP contribution in [0.2, 0.25) is 0 Å². The number of benzene rings is 1. The number of nitrogens with one attached hydrogen (secondary N) is 1. The highest BCUT2D eigenvalue weighted by Gasteiger charge is 2.24. The first kappa shape index (κ1) is 17.9. The van der Waals surface area contributed by atoms with Gasteiger partial charge in [0.05, 0.1) is 11.5 Å². The number of carbonyl (C=O) groups excluding carboxylic acids is 1. The lowest BCUT2D eigenvalue weighted by molar-refractivity contribution is 0.0731. The molecule has 1 saturated carbocycles. The summed E-state index contributed by atoms with van der Waals surface area (Å²) in [4.78, 5) is 14.0. The number of carbonyl (C=O) groups is 1. The molecule has 1 aromatic carbocycles. The first-order valence-corrected chi connectivity index (χ1v) is 9.48. The summed E-state index contributed by atoms with van der Waals surface area (Å²) in [6.45, 7) is 2.37. The van der Waals surface area contributed by atoms with E-state index in [9.17, 15) is 13.2 Å². The quantitative estimate of drug-likeness (QED) is 0.785. The second-order valence-corrected chi connectivity index (χ2v) is 7.45. The smallest absolute Gasteiger partial charge is 0.253 e. The zero-order valence-corrected chi connectivity index (χ0v) is 14.2. The molecule has 0 heterocycles. The topological polar surface area (TPSA) is 86.7 Å². The third kappa shape index (κ3) is 4.53. The highest BCUT2D eigenvalue weighted by atomic mass is 32.2. The van der Waals surface area contributed by atoms with Crippen molar-refractivity contribution in [3.05, 3.63) is 29.8 Å². The number of aliphatic hydroxyl groups excluding tert-OH is 1. The number of sulfonamides is 1. The van der Waals surface area contributed by atoms with Crippen molar-refractivity contribution in [2.24, 2.45) is 0 Å². The van der Waals surface area contributed by atoms with Crippen LogP contribution in [0, 0.1) is 0 Å². The van der Waals surface area contributed by atoms with Crippen LogP contribution in [-0.4, -0.2) is 50.1 Å². The van der Waals surface area contributed by atoms with Gasteiger partial charge in [-0.15, -0.1) is 0 Å². The summed E-state index contributed by atoms with van der Waals surface area (Å²) in [5, 5.41) is 9.01. The fourth-order valence-corrected chi connectivity index (χ4v) is 4.18. The molecule has 1 fully saturated rings. The van der Waals surface area contributed by atoms with Crippen molar-refractivity contribution in [2.75, 3.05) is 19.7 Å². The van der Waals surface area contributed by atoms with Gasteiger partial charge < -0.3 is 10.0 Å². The number of nitrogens with zero attached hydrogens (tertiary/aromatic N) is 1. The first-order valence-electron chi connectivity index (χ1n) is 8.00. The fraction of sp³-hybridized carbons (Fsp3) is 0.562. The Kier molecular flexibility index (Phi) is 6.15. The summed E-state index contributed by atoms with van der Waals surface area (Å²) >= 11 is 0. The minimum Gasteiger partial charge on any atom is -0.395 e. The highest BCUT2D eigenvalue weighted by Crippen LogP contribution is 2.21. The monoisotopic (exact) mass is 340 g/mol. The zero-order chi connectivity index (χ0) is 16.9. The maximum absolute atomic E-state index is 12.5. The molecule has 23 heavy (non-hydrogen) atoms. The summed E-state index contributed by atoms with van der Waals surface area (Å²) in [7, 11) is -3.61. The van der Waals surface area contributed by atoms with Crippen LogP contribution in [0.25, 0.3) is 0 Å². The van der Waals surface area contributed by atoms with Gasteiger partial charge >= 0.3 is 0 Å². The van der Waals surface area contributed by atoms with Gasteiger partial charge in [0.25, 0.3) is 5.91 Å². The Morgan fingerprint density at radius 3 is 2.65 bits per heavy atom. The van der Waals surface area contributed by atoms with Crippen LogP contribution in [0.15, 0.2) is 29.2 Å². The first-order chi connectivity index (χ1) is 11.0. The molecular formula is C16H24N2O4S. The molecule has 0 unspecified atom stereocenters. The molecule has 0 atom stereocenters. The third-order valence-corrected chi connectivity index (χ3v) is 5.63. The highest BCUT2D eigenvalue weighted by molar-refractivity contribution is 7.89. The van der Waals surface area contributed by atoms with E-state index in [4.69, 9.17) is 5.11 Å². The lowest BCUT2D eigenvalue weighted by Gasteiger charge is -2.20. The Morgan fingerprint density at radius 2 is 2.04 bits per heavy atom. The van der Waals surface area contributed by atoms with Crippen LogP contribution in [0.4, 0.5) is 0 Å². The van der Waals surface area contributed by atoms with Crippen molar-refractivity contribution in [3.63, 3.8) is 0 Å². The van der Waals surface area contributed by atoms with E-state index in [0.717, 1.165) is 25.7 Å². The van der Waals surface area contributed by atoms with E-state index in [1.807, 2.05) is 6.92 Å². The van der Waals surface area contributed by atoms with Crippen LogP contribution in [-0.2, 0) is 10.0 Å². The van der Waals surface area contributed by atoms with Gasteiger partial charge in [-0.1, -0.05) is 18.9 Å². The van der Waals surface area contributed by atoms with Gasteiger partial charge in [-0.25, -0.2) is 13.1 Å². The Morgan fingerprint density at radius 1 is 1.35 bits per heavy atom. The van der Waals surface area contributed by atoms with E-state index in [1.165, 1.54) is 17.0 Å². The Hall–Kier alpha value is -1.44. The van der Waals surface area contributed by atoms with Crippen LogP contribution in [0.5, 0.6) is 0 Å². The zero-order valence-electron chi connectivity index (χ0n) is 13.4. The number of hydrogen-bond acceptors (Lipinski definition) is 4. The largest absolute Gasteiger partial charge is 0.395 e. The molecule has 2 rings (SSSR count). The van der Waals surface area contributed by atoms with E-state index in [2.05, 4.69) is 4.72 Å². The normalized spacial score (nSPS) is 15.7. The standard InChI is InChI=1S/C16H24N2O4S/c1-2-18(10-11-19)16(20)13-6-5-9-15(12-13)23(21,22)17-14-7-3-4-8-14/h5-6,9,12,14,17,19H,2-4,7-8,10-11H2,1H3. The van der Waals surface area contributed by atoms with Crippen molar-refractivity contribution in [2.45, 2.75) is 43.5 Å². The predicted molar refractivity (Wildman–Crippen MR) is 87.7 cm³/mol. The predicted octanol–water partition coefficient (Wildman–Crippen LogP) is 1.36. The Bertz CT molecular complexity index is 639. The lowest BCUT2D eigenvalue weighted by atomic mass is 10.2. The summed E-state index contributed by atoms with van der Waals surface area (Å²) in [5.74, 6) is -0.278. The number of likely N-dealkylation sites (N-methyl/N-ethyl adjacent to an activating group) is 1. The van der Waals surface area contributed by atoms with E-state index < -0.39 is 10.0 Å². The van der Waals surface area contributed by atoms with Gasteiger partial charge in [0, 0.05) is 24.7 Å². The molecule has 0 aliphatic heterocycles. The van der Waals surface area contributed by atoms with Crippen LogP contribution in [0.3, 0.4) is 0 Å². The van der Waals surface area contributed by atoms with Crippen LogP contribution >= 0.6 is 0 Å². The average Bonchev–Trinajstić information content (AvgIpc) is 3.04. The molecule has 1 aliphatic carbocycles. The van der Waals surface area contributed by atoms with E-state index in [1.54, 1.807) is 12.1 Å². The number of amides is 1. The SMILES string of the molecule is CCN(CCO)C(=O)c1cccc(S(=O)(=O)NC2CCCC2)c1. The van der Waals surface area contributed by atoms with Crippen molar-refractivity contribution in [1.29, 1.82) is 0 Å². The molecule has 0 radical (unpaired) electrons. The van der Waals surface area contributed by atoms with Crippen molar-refractivity contribution < 1.29 is 18.3 Å². The molecule has 0 saturated heterocycles. The Balaban J connectivity index is 2.19. The van der Waals surface area contributed by atoms with Crippen LogP contribution < -0.4 is 4.72 Å². The van der Waals surface area contributed by atoms with Gasteiger partial charge in [0.2, 0.25) is 10.0 Å². The number of hydrogen-bond donors (Lipinski definition) is 2. The van der Waals surface area contributed by atoms with E-state index in [0.29, 0.717) is 12.1 Å². The third-order valence-electron chi connectivity index (χ3n) is 4.11. The van der Waals surface area contributed by atoms with Crippen LogP contribution in [0.1, 0.15) is 43.0 Å². The maximum Gasteiger partial charge on any atom is 0.253 e. The van der Waals surface area contributed by atoms with E-state index in [-0.39, 0.29) is 30.0 Å².